The Labute approximate surface area is 153 Å². The first kappa shape index (κ1) is 19.2. The van der Waals surface area contributed by atoms with E-state index in [2.05, 4.69) is 10.1 Å². The molecule has 0 saturated carbocycles. The zero-order valence-corrected chi connectivity index (χ0v) is 14.5. The average molecular weight is 379 g/mol. The molecule has 8 nitrogen and oxygen atoms in total. The van der Waals surface area contributed by atoms with Crippen molar-refractivity contribution in [1.82, 2.24) is 5.32 Å². The Kier molecular flexibility index (Phi) is 6.51. The maximum atomic E-state index is 11.6. The van der Waals surface area contributed by atoms with Gasteiger partial charge in [0.25, 0.3) is 5.69 Å². The van der Waals surface area contributed by atoms with Gasteiger partial charge in [-0.2, -0.15) is 0 Å². The highest BCUT2D eigenvalue weighted by atomic mass is 35.5. The third-order valence-electron chi connectivity index (χ3n) is 3.16. The summed E-state index contributed by atoms with van der Waals surface area (Å²) in [6, 6.07) is 7.34. The van der Waals surface area contributed by atoms with Gasteiger partial charge in [-0.3, -0.25) is 19.7 Å². The van der Waals surface area contributed by atoms with Gasteiger partial charge in [0.15, 0.2) is 0 Å². The van der Waals surface area contributed by atoms with Gasteiger partial charge in [0.1, 0.15) is 18.1 Å². The van der Waals surface area contributed by atoms with Crippen LogP contribution in [-0.2, 0) is 14.3 Å². The van der Waals surface area contributed by atoms with Gasteiger partial charge in [0.05, 0.1) is 17.1 Å². The van der Waals surface area contributed by atoms with E-state index in [0.29, 0.717) is 5.76 Å². The summed E-state index contributed by atoms with van der Waals surface area (Å²) in [7, 11) is 0. The van der Waals surface area contributed by atoms with Crippen LogP contribution in [-0.4, -0.2) is 30.0 Å². The number of nitro groups is 1. The van der Waals surface area contributed by atoms with E-state index in [1.807, 2.05) is 0 Å². The number of benzene rings is 1. The molecule has 26 heavy (non-hydrogen) atoms. The Morgan fingerprint density at radius 1 is 1.35 bits per heavy atom. The summed E-state index contributed by atoms with van der Waals surface area (Å²) in [6.45, 7) is 1.66. The van der Waals surface area contributed by atoms with E-state index < -0.39 is 16.8 Å². The monoisotopic (exact) mass is 378 g/mol. The lowest BCUT2D eigenvalue weighted by Gasteiger charge is -2.01. The van der Waals surface area contributed by atoms with E-state index in [9.17, 15) is 19.7 Å². The number of hydrogen-bond donors (Lipinski definition) is 1. The van der Waals surface area contributed by atoms with E-state index in [1.165, 1.54) is 30.4 Å². The van der Waals surface area contributed by atoms with Crippen LogP contribution in [0.4, 0.5) is 5.69 Å². The Balaban J connectivity index is 2.07. The second-order valence-electron chi connectivity index (χ2n) is 4.98. The topological polar surface area (TPSA) is 112 Å². The molecule has 0 aliphatic heterocycles. The van der Waals surface area contributed by atoms with Gasteiger partial charge in [-0.05, 0) is 37.3 Å². The van der Waals surface area contributed by atoms with Crippen LogP contribution in [0.25, 0.3) is 17.4 Å². The number of carbonyl (C=O) groups excluding carboxylic acids is 2. The summed E-state index contributed by atoms with van der Waals surface area (Å²) < 4.78 is 10.2. The predicted octanol–water partition coefficient (Wildman–Crippen LogP) is 3.20. The maximum Gasteiger partial charge on any atom is 0.325 e. The van der Waals surface area contributed by atoms with Crippen molar-refractivity contribution in [2.45, 2.75) is 6.92 Å². The van der Waals surface area contributed by atoms with Gasteiger partial charge in [-0.25, -0.2) is 0 Å². The first-order valence-electron chi connectivity index (χ1n) is 7.56. The normalized spacial score (nSPS) is 10.7. The first-order valence-corrected chi connectivity index (χ1v) is 7.94. The molecule has 1 amide bonds. The lowest BCUT2D eigenvalue weighted by Crippen LogP contribution is -2.29. The number of nitro benzene ring substituents is 1. The molecule has 0 aliphatic rings. The molecule has 2 rings (SSSR count). The number of rotatable bonds is 7. The molecule has 0 saturated heterocycles. The van der Waals surface area contributed by atoms with Crippen molar-refractivity contribution in [3.63, 3.8) is 0 Å². The Bertz CT molecular complexity index is 859. The number of amides is 1. The standard InChI is InChI=1S/C17H15ClN2O6/c1-2-25-17(22)10-19-16(21)8-5-12-4-7-15(26-12)13-6-3-11(18)9-14(13)20(23)24/h3-9H,2,10H2,1H3,(H,19,21)/b8-5+. The van der Waals surface area contributed by atoms with E-state index in [1.54, 1.807) is 19.1 Å². The quantitative estimate of drug-likeness (QED) is 0.342. The number of esters is 1. The fraction of sp³-hybridized carbons (Fsp3) is 0.176. The summed E-state index contributed by atoms with van der Waals surface area (Å²) in [5.74, 6) is -0.464. The number of nitrogens with zero attached hydrogens (tertiary/aromatic N) is 1. The smallest absolute Gasteiger partial charge is 0.325 e. The molecule has 1 heterocycles. The van der Waals surface area contributed by atoms with Crippen LogP contribution in [0.3, 0.4) is 0 Å². The number of ether oxygens (including phenoxy) is 1. The fourth-order valence-electron chi connectivity index (χ4n) is 2.04. The third-order valence-corrected chi connectivity index (χ3v) is 3.40. The molecule has 9 heteroatoms. The van der Waals surface area contributed by atoms with Gasteiger partial charge < -0.3 is 14.5 Å². The Hall–Kier alpha value is -3.13. The van der Waals surface area contributed by atoms with Crippen molar-refractivity contribution in [2.24, 2.45) is 0 Å². The minimum Gasteiger partial charge on any atom is -0.465 e. The molecule has 2 aromatic rings. The Morgan fingerprint density at radius 3 is 2.81 bits per heavy atom. The Morgan fingerprint density at radius 2 is 2.12 bits per heavy atom. The molecular formula is C17H15ClN2O6. The predicted molar refractivity (Wildman–Crippen MR) is 94.5 cm³/mol. The summed E-state index contributed by atoms with van der Waals surface area (Å²) >= 11 is 5.79. The molecule has 0 fully saturated rings. The van der Waals surface area contributed by atoms with Gasteiger partial charge in [0.2, 0.25) is 5.91 Å². The van der Waals surface area contributed by atoms with Crippen molar-refractivity contribution in [1.29, 1.82) is 0 Å². The molecule has 1 N–H and O–H groups in total. The molecule has 1 aromatic carbocycles. The molecular weight excluding hydrogens is 364 g/mol. The number of hydrogen-bond acceptors (Lipinski definition) is 6. The summed E-state index contributed by atoms with van der Waals surface area (Å²) in [5, 5.41) is 13.7. The second kappa shape index (κ2) is 8.82. The molecule has 136 valence electrons. The van der Waals surface area contributed by atoms with Crippen LogP contribution in [0, 0.1) is 10.1 Å². The van der Waals surface area contributed by atoms with Gasteiger partial charge in [0, 0.05) is 17.2 Å². The number of halogens is 1. The van der Waals surface area contributed by atoms with E-state index in [0.717, 1.165) is 0 Å². The van der Waals surface area contributed by atoms with Gasteiger partial charge in [-0.1, -0.05) is 11.6 Å². The fourth-order valence-corrected chi connectivity index (χ4v) is 2.21. The van der Waals surface area contributed by atoms with E-state index in [-0.39, 0.29) is 35.2 Å². The van der Waals surface area contributed by atoms with Crippen molar-refractivity contribution in [3.05, 3.63) is 57.3 Å². The van der Waals surface area contributed by atoms with Crippen LogP contribution in [0.1, 0.15) is 12.7 Å². The lowest BCUT2D eigenvalue weighted by molar-refractivity contribution is -0.384. The van der Waals surface area contributed by atoms with Crippen LogP contribution in [0.5, 0.6) is 0 Å². The van der Waals surface area contributed by atoms with Crippen molar-refractivity contribution in [2.75, 3.05) is 13.2 Å². The van der Waals surface area contributed by atoms with Crippen molar-refractivity contribution in [3.8, 4) is 11.3 Å². The first-order chi connectivity index (χ1) is 12.4. The average Bonchev–Trinajstić information content (AvgIpc) is 3.07. The van der Waals surface area contributed by atoms with Gasteiger partial charge >= 0.3 is 5.97 Å². The van der Waals surface area contributed by atoms with Crippen LogP contribution >= 0.6 is 11.6 Å². The van der Waals surface area contributed by atoms with Crippen LogP contribution in [0.15, 0.2) is 40.8 Å². The highest BCUT2D eigenvalue weighted by Crippen LogP contribution is 2.33. The van der Waals surface area contributed by atoms with Crippen LogP contribution < -0.4 is 5.32 Å². The molecule has 0 aliphatic carbocycles. The molecule has 0 spiro atoms. The minimum absolute atomic E-state index is 0.186. The van der Waals surface area contributed by atoms with Crippen molar-refractivity contribution < 1.29 is 23.7 Å². The summed E-state index contributed by atoms with van der Waals surface area (Å²) in [6.07, 6.45) is 2.56. The zero-order chi connectivity index (χ0) is 19.1. The SMILES string of the molecule is CCOC(=O)CNC(=O)/C=C/c1ccc(-c2ccc(Cl)cc2[N+](=O)[O-])o1. The number of furan rings is 1. The zero-order valence-electron chi connectivity index (χ0n) is 13.7. The highest BCUT2D eigenvalue weighted by Gasteiger charge is 2.18. The largest absolute Gasteiger partial charge is 0.465 e. The molecule has 0 radical (unpaired) electrons. The molecule has 0 bridgehead atoms. The minimum atomic E-state index is -0.553. The molecule has 0 atom stereocenters. The number of nitrogens with one attached hydrogen (secondary N) is 1. The van der Waals surface area contributed by atoms with E-state index >= 15 is 0 Å². The summed E-state index contributed by atoms with van der Waals surface area (Å²) in [4.78, 5) is 33.4. The maximum absolute atomic E-state index is 11.6. The van der Waals surface area contributed by atoms with Crippen molar-refractivity contribution >= 4 is 35.2 Å². The van der Waals surface area contributed by atoms with Gasteiger partial charge in [-0.15, -0.1) is 0 Å². The third kappa shape index (κ3) is 5.18. The van der Waals surface area contributed by atoms with Crippen LogP contribution in [0.2, 0.25) is 5.02 Å². The second-order valence-corrected chi connectivity index (χ2v) is 5.41. The molecule has 0 unspecified atom stereocenters. The lowest BCUT2D eigenvalue weighted by atomic mass is 10.1. The van der Waals surface area contributed by atoms with E-state index in [4.69, 9.17) is 16.0 Å². The highest BCUT2D eigenvalue weighted by molar-refractivity contribution is 6.30. The molecule has 1 aromatic heterocycles. The number of carbonyl (C=O) groups is 2. The summed E-state index contributed by atoms with van der Waals surface area (Å²) in [5.41, 5.74) is 0.0837.